The van der Waals surface area contributed by atoms with E-state index < -0.39 is 0 Å². The van der Waals surface area contributed by atoms with E-state index in [0.29, 0.717) is 11.7 Å². The second-order valence-corrected chi connectivity index (χ2v) is 6.35. The van der Waals surface area contributed by atoms with Gasteiger partial charge in [-0.25, -0.2) is 0 Å². The van der Waals surface area contributed by atoms with Crippen LogP contribution in [0.5, 0.6) is 0 Å². The molecule has 0 spiro atoms. The fourth-order valence-electron chi connectivity index (χ4n) is 4.95. The summed E-state index contributed by atoms with van der Waals surface area (Å²) in [7, 11) is 0. The summed E-state index contributed by atoms with van der Waals surface area (Å²) in [5.41, 5.74) is 1.20. The maximum atomic E-state index is 12.4. The van der Waals surface area contributed by atoms with Gasteiger partial charge in [0.05, 0.1) is 0 Å². The number of Topliss-reactive ketones (excluding diaryl/α,β-unsaturated/α-hetero) is 1. The van der Waals surface area contributed by atoms with E-state index in [1.807, 2.05) is 0 Å². The molecule has 4 unspecified atom stereocenters. The summed E-state index contributed by atoms with van der Waals surface area (Å²) in [5.74, 6) is 4.58. The monoisotopic (exact) mass is 216 g/mol. The Hall–Kier alpha value is -0.590. The number of carbonyl (C=O) groups excluding carboxylic acids is 1. The summed E-state index contributed by atoms with van der Waals surface area (Å²) in [4.78, 5) is 12.4. The van der Waals surface area contributed by atoms with E-state index in [1.165, 1.54) is 37.7 Å². The molecule has 0 saturated heterocycles. The Balaban J connectivity index is 1.52. The van der Waals surface area contributed by atoms with Crippen LogP contribution in [0, 0.1) is 29.6 Å². The van der Waals surface area contributed by atoms with E-state index >= 15 is 0 Å². The molecule has 0 heterocycles. The number of ketones is 1. The van der Waals surface area contributed by atoms with E-state index in [9.17, 15) is 4.79 Å². The molecule has 4 aliphatic carbocycles. The smallest absolute Gasteiger partial charge is 0.162 e. The van der Waals surface area contributed by atoms with Crippen LogP contribution in [0.2, 0.25) is 0 Å². The third-order valence-electron chi connectivity index (χ3n) is 5.65. The van der Waals surface area contributed by atoms with Gasteiger partial charge in [-0.15, -0.1) is 0 Å². The van der Waals surface area contributed by atoms with Gasteiger partial charge in [0, 0.05) is 5.92 Å². The molecule has 0 aromatic heterocycles. The van der Waals surface area contributed by atoms with Crippen molar-refractivity contribution in [1.29, 1.82) is 0 Å². The molecular weight excluding hydrogens is 196 g/mol. The van der Waals surface area contributed by atoms with Crippen molar-refractivity contribution in [2.45, 2.75) is 44.9 Å². The van der Waals surface area contributed by atoms with Crippen LogP contribution in [0.25, 0.3) is 0 Å². The fraction of sp³-hybridized carbons (Fsp3) is 0.800. The summed E-state index contributed by atoms with van der Waals surface area (Å²) >= 11 is 0. The van der Waals surface area contributed by atoms with Crippen LogP contribution < -0.4 is 0 Å². The molecule has 1 heteroatoms. The lowest BCUT2D eigenvalue weighted by atomic mass is 9.90. The van der Waals surface area contributed by atoms with Gasteiger partial charge >= 0.3 is 0 Å². The molecule has 2 bridgehead atoms. The highest BCUT2D eigenvalue weighted by Crippen LogP contribution is 2.70. The molecule has 0 amide bonds. The molecule has 3 fully saturated rings. The molecule has 3 saturated carbocycles. The van der Waals surface area contributed by atoms with E-state index in [2.05, 4.69) is 6.08 Å². The number of fused-ring (bicyclic) bond motifs is 5. The Morgan fingerprint density at radius 3 is 2.50 bits per heavy atom. The normalized spacial score (nSPS) is 48.8. The lowest BCUT2D eigenvalue weighted by Gasteiger charge is -2.13. The topological polar surface area (TPSA) is 17.1 Å². The molecule has 86 valence electrons. The minimum Gasteiger partial charge on any atom is -0.294 e. The minimum atomic E-state index is 0.482. The van der Waals surface area contributed by atoms with E-state index in [4.69, 9.17) is 0 Å². The van der Waals surface area contributed by atoms with Crippen molar-refractivity contribution in [3.8, 4) is 0 Å². The van der Waals surface area contributed by atoms with Crippen LogP contribution in [0.3, 0.4) is 0 Å². The summed E-state index contributed by atoms with van der Waals surface area (Å²) in [5, 5.41) is 0. The Labute approximate surface area is 97.3 Å². The molecule has 4 atom stereocenters. The Kier molecular flexibility index (Phi) is 1.89. The van der Waals surface area contributed by atoms with Crippen molar-refractivity contribution >= 4 is 5.78 Å². The summed E-state index contributed by atoms with van der Waals surface area (Å²) < 4.78 is 0. The lowest BCUT2D eigenvalue weighted by molar-refractivity contribution is -0.117. The first-order chi connectivity index (χ1) is 7.86. The zero-order valence-electron chi connectivity index (χ0n) is 9.82. The molecule has 0 N–H and O–H groups in total. The largest absolute Gasteiger partial charge is 0.294 e. The zero-order chi connectivity index (χ0) is 10.7. The third-order valence-corrected chi connectivity index (χ3v) is 5.65. The van der Waals surface area contributed by atoms with Crippen molar-refractivity contribution in [2.24, 2.45) is 29.6 Å². The maximum Gasteiger partial charge on any atom is 0.162 e. The van der Waals surface area contributed by atoms with Gasteiger partial charge in [0.15, 0.2) is 5.78 Å². The number of rotatable bonds is 2. The van der Waals surface area contributed by atoms with Crippen molar-refractivity contribution in [1.82, 2.24) is 0 Å². The molecule has 0 aromatic carbocycles. The number of carbonyl (C=O) groups is 1. The molecule has 1 nitrogen and oxygen atoms in total. The van der Waals surface area contributed by atoms with Crippen molar-refractivity contribution < 1.29 is 4.79 Å². The highest BCUT2D eigenvalue weighted by Gasteiger charge is 2.67. The predicted molar refractivity (Wildman–Crippen MR) is 62.9 cm³/mol. The second kappa shape index (κ2) is 3.21. The number of allylic oxidation sites excluding steroid dienone is 2. The van der Waals surface area contributed by atoms with Crippen LogP contribution >= 0.6 is 0 Å². The minimum absolute atomic E-state index is 0.482. The van der Waals surface area contributed by atoms with Gasteiger partial charge in [0.1, 0.15) is 0 Å². The first-order valence-electron chi connectivity index (χ1n) is 7.09. The SMILES string of the molecule is O=C(C1=CCCCC1)C1C2C3CCC(C3)C12. The van der Waals surface area contributed by atoms with Crippen LogP contribution in [0.1, 0.15) is 44.9 Å². The zero-order valence-corrected chi connectivity index (χ0v) is 9.82. The number of hydrogen-bond donors (Lipinski definition) is 0. The van der Waals surface area contributed by atoms with E-state index in [1.54, 1.807) is 0 Å². The molecule has 0 aliphatic heterocycles. The Morgan fingerprint density at radius 1 is 1.12 bits per heavy atom. The first-order valence-corrected chi connectivity index (χ1v) is 7.09. The van der Waals surface area contributed by atoms with Gasteiger partial charge in [-0.2, -0.15) is 0 Å². The third kappa shape index (κ3) is 1.15. The average molecular weight is 216 g/mol. The molecular formula is C15H20O. The summed E-state index contributed by atoms with van der Waals surface area (Å²) in [6, 6.07) is 0. The Bertz CT molecular complexity index is 352. The van der Waals surface area contributed by atoms with Crippen LogP contribution in [0.4, 0.5) is 0 Å². The number of hydrogen-bond acceptors (Lipinski definition) is 1. The molecule has 0 radical (unpaired) electrons. The fourth-order valence-corrected chi connectivity index (χ4v) is 4.95. The van der Waals surface area contributed by atoms with Gasteiger partial charge < -0.3 is 0 Å². The molecule has 4 aliphatic rings. The summed E-state index contributed by atoms with van der Waals surface area (Å²) in [6.45, 7) is 0. The second-order valence-electron chi connectivity index (χ2n) is 6.35. The molecule has 16 heavy (non-hydrogen) atoms. The molecule has 0 aromatic rings. The lowest BCUT2D eigenvalue weighted by Crippen LogP contribution is -2.13. The highest BCUT2D eigenvalue weighted by molar-refractivity contribution is 5.99. The van der Waals surface area contributed by atoms with Gasteiger partial charge in [0.2, 0.25) is 0 Å². The van der Waals surface area contributed by atoms with Crippen molar-refractivity contribution in [3.63, 3.8) is 0 Å². The van der Waals surface area contributed by atoms with Crippen molar-refractivity contribution in [3.05, 3.63) is 11.6 Å². The first kappa shape index (κ1) is 9.44. The maximum absolute atomic E-state index is 12.4. The van der Waals surface area contributed by atoms with Crippen LogP contribution in [-0.2, 0) is 4.79 Å². The standard InChI is InChI=1S/C15H20O/c16-15(9-4-2-1-3-5-9)14-12-10-6-7-11(8-10)13(12)14/h4,10-14H,1-3,5-8H2. The van der Waals surface area contributed by atoms with Crippen molar-refractivity contribution in [2.75, 3.05) is 0 Å². The highest BCUT2D eigenvalue weighted by atomic mass is 16.1. The van der Waals surface area contributed by atoms with Gasteiger partial charge in [-0.05, 0) is 74.2 Å². The summed E-state index contributed by atoms with van der Waals surface area (Å²) in [6.07, 6.45) is 11.3. The predicted octanol–water partition coefficient (Wildman–Crippen LogP) is 3.35. The van der Waals surface area contributed by atoms with Crippen LogP contribution in [-0.4, -0.2) is 5.78 Å². The Morgan fingerprint density at radius 2 is 1.88 bits per heavy atom. The van der Waals surface area contributed by atoms with Gasteiger partial charge in [-0.3, -0.25) is 4.79 Å². The van der Waals surface area contributed by atoms with E-state index in [-0.39, 0.29) is 0 Å². The quantitative estimate of drug-likeness (QED) is 0.692. The average Bonchev–Trinajstić information content (AvgIpc) is 2.77. The molecule has 4 rings (SSSR count). The van der Waals surface area contributed by atoms with Gasteiger partial charge in [-0.1, -0.05) is 6.08 Å². The van der Waals surface area contributed by atoms with Gasteiger partial charge in [0.25, 0.3) is 0 Å². The van der Waals surface area contributed by atoms with E-state index in [0.717, 1.165) is 36.5 Å². The van der Waals surface area contributed by atoms with Crippen LogP contribution in [0.15, 0.2) is 11.6 Å².